The molecule has 11 heteroatoms. The number of para-hydroxylation sites is 1. The first-order valence-electron chi connectivity index (χ1n) is 10.4. The lowest BCUT2D eigenvalue weighted by Crippen LogP contribution is -2.27. The van der Waals surface area contributed by atoms with Crippen molar-refractivity contribution < 1.29 is 28.8 Å². The second-order valence-electron chi connectivity index (χ2n) is 7.44. The van der Waals surface area contributed by atoms with E-state index in [1.165, 1.54) is 43.5 Å². The van der Waals surface area contributed by atoms with Crippen LogP contribution in [0, 0.1) is 10.1 Å². The predicted molar refractivity (Wildman–Crippen MR) is 134 cm³/mol. The Bertz CT molecular complexity index is 1410. The van der Waals surface area contributed by atoms with Gasteiger partial charge in [-0.3, -0.25) is 24.6 Å². The zero-order valence-electron chi connectivity index (χ0n) is 18.7. The number of esters is 1. The van der Waals surface area contributed by atoms with Crippen LogP contribution >= 0.6 is 23.4 Å². The highest BCUT2D eigenvalue weighted by molar-refractivity contribution is 8.18. The van der Waals surface area contributed by atoms with Crippen LogP contribution in [0.3, 0.4) is 0 Å². The highest BCUT2D eigenvalue weighted by Crippen LogP contribution is 2.38. The number of ether oxygens (including phenoxy) is 2. The molecule has 182 valence electrons. The van der Waals surface area contributed by atoms with Crippen molar-refractivity contribution in [1.29, 1.82) is 0 Å². The molecule has 0 atom stereocenters. The van der Waals surface area contributed by atoms with Crippen LogP contribution in [0.4, 0.5) is 10.5 Å². The lowest BCUT2D eigenvalue weighted by molar-refractivity contribution is -0.384. The fourth-order valence-electron chi connectivity index (χ4n) is 3.37. The first-order valence-corrected chi connectivity index (χ1v) is 11.6. The van der Waals surface area contributed by atoms with Gasteiger partial charge >= 0.3 is 5.97 Å². The molecule has 36 heavy (non-hydrogen) atoms. The van der Waals surface area contributed by atoms with E-state index in [4.69, 9.17) is 21.1 Å². The van der Waals surface area contributed by atoms with Gasteiger partial charge in [-0.25, -0.2) is 4.79 Å². The summed E-state index contributed by atoms with van der Waals surface area (Å²) < 4.78 is 10.9. The highest BCUT2D eigenvalue weighted by atomic mass is 35.5. The number of amides is 2. The molecule has 0 aromatic heterocycles. The van der Waals surface area contributed by atoms with Gasteiger partial charge in [0, 0.05) is 17.7 Å². The van der Waals surface area contributed by atoms with E-state index >= 15 is 0 Å². The Morgan fingerprint density at radius 1 is 1.08 bits per heavy atom. The summed E-state index contributed by atoms with van der Waals surface area (Å²) in [6.07, 6.45) is 1.44. The van der Waals surface area contributed by atoms with Crippen molar-refractivity contribution in [3.63, 3.8) is 0 Å². The zero-order valence-corrected chi connectivity index (χ0v) is 20.2. The summed E-state index contributed by atoms with van der Waals surface area (Å²) in [5.41, 5.74) is 0.958. The van der Waals surface area contributed by atoms with Gasteiger partial charge in [0.15, 0.2) is 11.5 Å². The molecule has 9 nitrogen and oxygen atoms in total. The molecule has 1 aliphatic heterocycles. The van der Waals surface area contributed by atoms with Gasteiger partial charge in [0.25, 0.3) is 16.8 Å². The van der Waals surface area contributed by atoms with E-state index in [-0.39, 0.29) is 39.2 Å². The number of methoxy groups -OCH3 is 1. The van der Waals surface area contributed by atoms with Crippen LogP contribution in [-0.2, 0) is 11.3 Å². The summed E-state index contributed by atoms with van der Waals surface area (Å²) in [7, 11) is 1.41. The normalized spacial score (nSPS) is 14.3. The molecule has 3 aromatic carbocycles. The van der Waals surface area contributed by atoms with E-state index in [1.807, 2.05) is 0 Å². The maximum atomic E-state index is 13.0. The van der Waals surface area contributed by atoms with Crippen LogP contribution in [0.1, 0.15) is 21.5 Å². The molecule has 1 heterocycles. The molecular weight excluding hydrogens is 508 g/mol. The van der Waals surface area contributed by atoms with Gasteiger partial charge < -0.3 is 9.47 Å². The summed E-state index contributed by atoms with van der Waals surface area (Å²) in [4.78, 5) is 49.8. The van der Waals surface area contributed by atoms with Crippen molar-refractivity contribution in [3.05, 3.63) is 103 Å². The standard InChI is InChI=1S/C25H17ClN2O7S/c1-34-20-8-4-5-16(22(20)35-24(30)18-6-2-3-7-19(18)26)13-21-23(29)27(25(31)36-21)14-15-9-11-17(12-10-15)28(32)33/h2-13H,14H2,1H3/b21-13-. The number of nitrogens with zero attached hydrogens (tertiary/aromatic N) is 2. The number of thioether (sulfide) groups is 1. The average Bonchev–Trinajstić information content (AvgIpc) is 3.12. The van der Waals surface area contributed by atoms with Crippen LogP contribution < -0.4 is 9.47 Å². The number of non-ortho nitro benzene ring substituents is 1. The molecule has 3 aromatic rings. The minimum Gasteiger partial charge on any atom is -0.493 e. The van der Waals surface area contributed by atoms with Crippen LogP contribution in [-0.4, -0.2) is 34.0 Å². The molecule has 2 amide bonds. The lowest BCUT2D eigenvalue weighted by Gasteiger charge is -2.13. The third-order valence-electron chi connectivity index (χ3n) is 5.17. The molecular formula is C25H17ClN2O7S. The van der Waals surface area contributed by atoms with Gasteiger partial charge in [-0.2, -0.15) is 0 Å². The summed E-state index contributed by atoms with van der Waals surface area (Å²) in [5, 5.41) is 10.6. The third kappa shape index (κ3) is 5.24. The Kier molecular flexibility index (Phi) is 7.37. The minimum atomic E-state index is -0.717. The van der Waals surface area contributed by atoms with Gasteiger partial charge in [-0.15, -0.1) is 0 Å². The number of hydrogen-bond donors (Lipinski definition) is 0. The Morgan fingerprint density at radius 2 is 1.81 bits per heavy atom. The summed E-state index contributed by atoms with van der Waals surface area (Å²) in [6, 6.07) is 16.8. The Hall–Kier alpha value is -4.15. The monoisotopic (exact) mass is 524 g/mol. The Morgan fingerprint density at radius 3 is 2.47 bits per heavy atom. The molecule has 1 saturated heterocycles. The van der Waals surface area contributed by atoms with E-state index in [0.717, 1.165) is 16.7 Å². The van der Waals surface area contributed by atoms with Crippen molar-refractivity contribution in [3.8, 4) is 11.5 Å². The third-order valence-corrected chi connectivity index (χ3v) is 6.40. The van der Waals surface area contributed by atoms with Crippen LogP contribution in [0.5, 0.6) is 11.5 Å². The summed E-state index contributed by atoms with van der Waals surface area (Å²) >= 11 is 6.84. The number of nitro groups is 1. The van der Waals surface area contributed by atoms with Gasteiger partial charge in [-0.05, 0) is 41.6 Å². The number of carbonyl (C=O) groups excluding carboxylic acids is 3. The first kappa shape index (κ1) is 25.0. The van der Waals surface area contributed by atoms with Gasteiger partial charge in [0.05, 0.1) is 34.1 Å². The largest absolute Gasteiger partial charge is 0.493 e. The molecule has 0 radical (unpaired) electrons. The maximum absolute atomic E-state index is 13.0. The molecule has 0 bridgehead atoms. The van der Waals surface area contributed by atoms with Crippen molar-refractivity contribution in [2.75, 3.05) is 7.11 Å². The molecule has 0 saturated carbocycles. The van der Waals surface area contributed by atoms with E-state index in [0.29, 0.717) is 11.1 Å². The second-order valence-corrected chi connectivity index (χ2v) is 8.84. The van der Waals surface area contributed by atoms with Crippen molar-refractivity contribution in [2.45, 2.75) is 6.54 Å². The fraction of sp³-hybridized carbons (Fsp3) is 0.0800. The van der Waals surface area contributed by atoms with Crippen LogP contribution in [0.2, 0.25) is 5.02 Å². The molecule has 0 aliphatic carbocycles. The zero-order chi connectivity index (χ0) is 25.8. The number of benzene rings is 3. The number of hydrogen-bond acceptors (Lipinski definition) is 8. The van der Waals surface area contributed by atoms with E-state index in [1.54, 1.807) is 36.4 Å². The maximum Gasteiger partial charge on any atom is 0.345 e. The van der Waals surface area contributed by atoms with Gasteiger partial charge in [0.2, 0.25) is 0 Å². The van der Waals surface area contributed by atoms with Crippen molar-refractivity contribution >= 4 is 52.2 Å². The van der Waals surface area contributed by atoms with Crippen LogP contribution in [0.25, 0.3) is 6.08 Å². The number of carbonyl (C=O) groups is 3. The average molecular weight is 525 g/mol. The molecule has 0 spiro atoms. The SMILES string of the molecule is COc1cccc(/C=C2\SC(=O)N(Cc3ccc([N+](=O)[O-])cc3)C2=O)c1OC(=O)c1ccccc1Cl. The fourth-order valence-corrected chi connectivity index (χ4v) is 4.42. The molecule has 1 aliphatic rings. The van der Waals surface area contributed by atoms with E-state index in [9.17, 15) is 24.5 Å². The minimum absolute atomic E-state index is 0.0491. The second kappa shape index (κ2) is 10.6. The lowest BCUT2D eigenvalue weighted by atomic mass is 10.1. The topological polar surface area (TPSA) is 116 Å². The predicted octanol–water partition coefficient (Wildman–Crippen LogP) is 5.71. The smallest absolute Gasteiger partial charge is 0.345 e. The number of rotatable bonds is 7. The quantitative estimate of drug-likeness (QED) is 0.127. The highest BCUT2D eigenvalue weighted by Gasteiger charge is 2.35. The number of halogens is 1. The van der Waals surface area contributed by atoms with Crippen molar-refractivity contribution in [1.82, 2.24) is 4.90 Å². The number of nitro benzene ring substituents is 1. The van der Waals surface area contributed by atoms with Gasteiger partial charge in [-0.1, -0.05) is 48.0 Å². The Balaban J connectivity index is 1.60. The van der Waals surface area contributed by atoms with Crippen LogP contribution in [0.15, 0.2) is 71.6 Å². The molecule has 0 N–H and O–H groups in total. The molecule has 0 unspecified atom stereocenters. The van der Waals surface area contributed by atoms with Crippen molar-refractivity contribution in [2.24, 2.45) is 0 Å². The summed E-state index contributed by atoms with van der Waals surface area (Å²) in [6.45, 7) is -0.0491. The molecule has 4 rings (SSSR count). The Labute approximate surface area is 214 Å². The van der Waals surface area contributed by atoms with E-state index in [2.05, 4.69) is 0 Å². The number of imide groups is 1. The molecule has 1 fully saturated rings. The van der Waals surface area contributed by atoms with E-state index < -0.39 is 22.0 Å². The first-order chi connectivity index (χ1) is 17.3. The van der Waals surface area contributed by atoms with Gasteiger partial charge in [0.1, 0.15) is 0 Å². The summed E-state index contributed by atoms with van der Waals surface area (Å²) in [5.74, 6) is -0.957.